The maximum Gasteiger partial charge on any atom is 0.249 e. The number of nitrogens with one attached hydrogen (secondary N) is 2. The first-order valence-electron chi connectivity index (χ1n) is 7.26. The van der Waals surface area contributed by atoms with Crippen molar-refractivity contribution in [2.24, 2.45) is 0 Å². The molecular weight excluding hydrogens is 280 g/mol. The van der Waals surface area contributed by atoms with Crippen molar-refractivity contribution in [2.75, 3.05) is 44.4 Å². The number of likely N-dealkylation sites (N-methyl/N-ethyl adjacent to an activating group) is 1. The molecule has 0 unspecified atom stereocenters. The maximum absolute atomic E-state index is 5.57. The quantitative estimate of drug-likeness (QED) is 0.772. The summed E-state index contributed by atoms with van der Waals surface area (Å²) < 4.78 is 5.57. The summed E-state index contributed by atoms with van der Waals surface area (Å²) in [5, 5.41) is 14.3. The summed E-state index contributed by atoms with van der Waals surface area (Å²) in [5.74, 6) is 1.88. The van der Waals surface area contributed by atoms with Crippen molar-refractivity contribution in [1.29, 1.82) is 0 Å². The molecule has 1 aromatic carbocycles. The van der Waals surface area contributed by atoms with Gasteiger partial charge in [-0.3, -0.25) is 0 Å². The summed E-state index contributed by atoms with van der Waals surface area (Å²) in [4.78, 5) is 6.49. The van der Waals surface area contributed by atoms with Crippen LogP contribution < -0.4 is 15.4 Å². The lowest BCUT2D eigenvalue weighted by molar-refractivity contribution is 0.342. The Morgan fingerprint density at radius 2 is 2.05 bits per heavy atom. The van der Waals surface area contributed by atoms with Crippen molar-refractivity contribution in [3.8, 4) is 5.75 Å². The standard InChI is InChI=1S/C15H22N6O/c1-4-22-13-8-6-5-7-12(13)18-15-19-14(11-17-20-15)16-9-10-21(2)3/h5-8,11H,4,9-10H2,1-3H3,(H2,16,18,19,20). The summed E-state index contributed by atoms with van der Waals surface area (Å²) >= 11 is 0. The minimum atomic E-state index is 0.432. The average molecular weight is 302 g/mol. The number of para-hydroxylation sites is 2. The van der Waals surface area contributed by atoms with Crippen LogP contribution in [0.15, 0.2) is 30.5 Å². The van der Waals surface area contributed by atoms with Gasteiger partial charge >= 0.3 is 0 Å². The minimum absolute atomic E-state index is 0.432. The summed E-state index contributed by atoms with van der Waals surface area (Å²) in [6, 6.07) is 7.67. The Labute approximate surface area is 130 Å². The molecule has 2 aromatic rings. The lowest BCUT2D eigenvalue weighted by atomic mass is 10.3. The minimum Gasteiger partial charge on any atom is -0.492 e. The summed E-state index contributed by atoms with van der Waals surface area (Å²) in [6.45, 7) is 4.26. The zero-order valence-corrected chi connectivity index (χ0v) is 13.2. The predicted octanol–water partition coefficient (Wildman–Crippen LogP) is 1.99. The lowest BCUT2D eigenvalue weighted by Crippen LogP contribution is -2.21. The van der Waals surface area contributed by atoms with Gasteiger partial charge in [0, 0.05) is 13.1 Å². The van der Waals surface area contributed by atoms with Crippen LogP contribution in [0.5, 0.6) is 5.75 Å². The van der Waals surface area contributed by atoms with E-state index >= 15 is 0 Å². The molecule has 0 atom stereocenters. The van der Waals surface area contributed by atoms with Crippen LogP contribution in [0, 0.1) is 0 Å². The van der Waals surface area contributed by atoms with Gasteiger partial charge in [0.05, 0.1) is 18.5 Å². The van der Waals surface area contributed by atoms with E-state index in [-0.39, 0.29) is 0 Å². The Hall–Kier alpha value is -2.41. The molecule has 0 saturated carbocycles. The second-order valence-electron chi connectivity index (χ2n) is 4.95. The monoisotopic (exact) mass is 302 g/mol. The van der Waals surface area contributed by atoms with Gasteiger partial charge in [-0.05, 0) is 33.2 Å². The third kappa shape index (κ3) is 4.85. The van der Waals surface area contributed by atoms with E-state index in [1.165, 1.54) is 0 Å². The first-order chi connectivity index (χ1) is 10.7. The highest BCUT2D eigenvalue weighted by molar-refractivity contribution is 5.62. The third-order valence-electron chi connectivity index (χ3n) is 2.86. The number of anilines is 3. The molecule has 7 heteroatoms. The van der Waals surface area contributed by atoms with E-state index in [9.17, 15) is 0 Å². The van der Waals surface area contributed by atoms with Crippen LogP contribution in [0.1, 0.15) is 6.92 Å². The molecule has 0 aliphatic carbocycles. The molecule has 0 radical (unpaired) electrons. The third-order valence-corrected chi connectivity index (χ3v) is 2.86. The van der Waals surface area contributed by atoms with E-state index in [4.69, 9.17) is 4.74 Å². The molecule has 0 bridgehead atoms. The zero-order valence-electron chi connectivity index (χ0n) is 13.2. The van der Waals surface area contributed by atoms with E-state index in [0.29, 0.717) is 18.4 Å². The molecule has 0 aliphatic heterocycles. The number of hydrogen-bond acceptors (Lipinski definition) is 7. The maximum atomic E-state index is 5.57. The number of aromatic nitrogens is 3. The molecule has 0 saturated heterocycles. The van der Waals surface area contributed by atoms with Crippen LogP contribution >= 0.6 is 0 Å². The first kappa shape index (κ1) is 16.0. The molecule has 22 heavy (non-hydrogen) atoms. The fraction of sp³-hybridized carbons (Fsp3) is 0.400. The number of ether oxygens (including phenoxy) is 1. The Morgan fingerprint density at radius 3 is 2.82 bits per heavy atom. The van der Waals surface area contributed by atoms with Crippen molar-refractivity contribution in [3.63, 3.8) is 0 Å². The molecule has 0 spiro atoms. The fourth-order valence-electron chi connectivity index (χ4n) is 1.82. The van der Waals surface area contributed by atoms with Crippen LogP contribution in [0.2, 0.25) is 0 Å². The van der Waals surface area contributed by atoms with Crippen molar-refractivity contribution in [3.05, 3.63) is 30.5 Å². The van der Waals surface area contributed by atoms with Crippen molar-refractivity contribution < 1.29 is 4.74 Å². The van der Waals surface area contributed by atoms with Gasteiger partial charge in [-0.2, -0.15) is 10.1 Å². The van der Waals surface area contributed by atoms with Crippen LogP contribution in [-0.2, 0) is 0 Å². The molecule has 7 nitrogen and oxygen atoms in total. The highest BCUT2D eigenvalue weighted by Crippen LogP contribution is 2.25. The van der Waals surface area contributed by atoms with E-state index < -0.39 is 0 Å². The van der Waals surface area contributed by atoms with Crippen LogP contribution in [0.25, 0.3) is 0 Å². The molecule has 118 valence electrons. The lowest BCUT2D eigenvalue weighted by Gasteiger charge is -2.12. The van der Waals surface area contributed by atoms with Gasteiger partial charge in [-0.15, -0.1) is 5.10 Å². The topological polar surface area (TPSA) is 75.2 Å². The zero-order chi connectivity index (χ0) is 15.8. The predicted molar refractivity (Wildman–Crippen MR) is 87.8 cm³/mol. The Bertz CT molecular complexity index is 590. The SMILES string of the molecule is CCOc1ccccc1Nc1nncc(NCCN(C)C)n1. The molecule has 0 amide bonds. The van der Waals surface area contributed by atoms with Gasteiger partial charge in [-0.1, -0.05) is 12.1 Å². The number of benzene rings is 1. The number of rotatable bonds is 8. The normalized spacial score (nSPS) is 10.5. The molecule has 0 fully saturated rings. The van der Waals surface area contributed by atoms with Gasteiger partial charge in [0.1, 0.15) is 5.75 Å². The molecule has 2 rings (SSSR count). The second-order valence-corrected chi connectivity index (χ2v) is 4.95. The Balaban J connectivity index is 2.04. The largest absolute Gasteiger partial charge is 0.492 e. The van der Waals surface area contributed by atoms with Crippen molar-refractivity contribution in [1.82, 2.24) is 20.1 Å². The first-order valence-corrected chi connectivity index (χ1v) is 7.26. The van der Waals surface area contributed by atoms with Crippen LogP contribution in [0.4, 0.5) is 17.5 Å². The Morgan fingerprint density at radius 1 is 1.23 bits per heavy atom. The smallest absolute Gasteiger partial charge is 0.249 e. The van der Waals surface area contributed by atoms with Crippen molar-refractivity contribution in [2.45, 2.75) is 6.92 Å². The molecule has 0 aliphatic rings. The van der Waals surface area contributed by atoms with E-state index in [1.54, 1.807) is 6.20 Å². The second kappa shape index (κ2) is 8.14. The van der Waals surface area contributed by atoms with E-state index in [2.05, 4.69) is 30.7 Å². The van der Waals surface area contributed by atoms with E-state index in [0.717, 1.165) is 24.5 Å². The summed E-state index contributed by atoms with van der Waals surface area (Å²) in [7, 11) is 4.05. The summed E-state index contributed by atoms with van der Waals surface area (Å²) in [6.07, 6.45) is 1.61. The Kier molecular flexibility index (Phi) is 5.91. The number of nitrogens with zero attached hydrogens (tertiary/aromatic N) is 4. The van der Waals surface area contributed by atoms with Gasteiger partial charge < -0.3 is 20.3 Å². The van der Waals surface area contributed by atoms with Crippen LogP contribution in [0.3, 0.4) is 0 Å². The summed E-state index contributed by atoms with van der Waals surface area (Å²) in [5.41, 5.74) is 0.816. The number of hydrogen-bond donors (Lipinski definition) is 2. The highest BCUT2D eigenvalue weighted by Gasteiger charge is 2.06. The fourth-order valence-corrected chi connectivity index (χ4v) is 1.82. The highest BCUT2D eigenvalue weighted by atomic mass is 16.5. The van der Waals surface area contributed by atoms with Gasteiger partial charge in [0.25, 0.3) is 0 Å². The van der Waals surface area contributed by atoms with Gasteiger partial charge in [-0.25, -0.2) is 0 Å². The molecule has 1 aromatic heterocycles. The van der Waals surface area contributed by atoms with Crippen molar-refractivity contribution >= 4 is 17.5 Å². The molecular formula is C15H22N6O. The molecule has 1 heterocycles. The van der Waals surface area contributed by atoms with Crippen LogP contribution in [-0.4, -0.2) is 53.9 Å². The van der Waals surface area contributed by atoms with E-state index in [1.807, 2.05) is 45.3 Å². The van der Waals surface area contributed by atoms with Gasteiger partial charge in [0.2, 0.25) is 5.95 Å². The molecule has 2 N–H and O–H groups in total. The average Bonchev–Trinajstić information content (AvgIpc) is 2.50. The van der Waals surface area contributed by atoms with Gasteiger partial charge in [0.15, 0.2) is 5.82 Å².